The van der Waals surface area contributed by atoms with E-state index in [1.807, 2.05) is 17.8 Å². The van der Waals surface area contributed by atoms with Crippen molar-refractivity contribution in [2.24, 2.45) is 12.8 Å². The van der Waals surface area contributed by atoms with Gasteiger partial charge in [0.1, 0.15) is 5.82 Å². The van der Waals surface area contributed by atoms with Crippen molar-refractivity contribution in [2.45, 2.75) is 32.2 Å². The van der Waals surface area contributed by atoms with E-state index in [2.05, 4.69) is 4.98 Å². The molecule has 0 aliphatic heterocycles. The Kier molecular flexibility index (Phi) is 4.98. The summed E-state index contributed by atoms with van der Waals surface area (Å²) < 4.78 is 6.77. The molecule has 0 saturated carbocycles. The van der Waals surface area contributed by atoms with Crippen LogP contribution in [-0.4, -0.2) is 28.2 Å². The number of hydrogen-bond acceptors (Lipinski definition) is 4. The maximum atomic E-state index is 11.1. The molecule has 0 fully saturated rings. The van der Waals surface area contributed by atoms with Crippen molar-refractivity contribution in [3.8, 4) is 0 Å². The summed E-state index contributed by atoms with van der Waals surface area (Å²) in [7, 11) is 1.93. The minimum atomic E-state index is -0.183. The predicted octanol–water partition coefficient (Wildman–Crippen LogP) is 0.633. The van der Waals surface area contributed by atoms with E-state index >= 15 is 0 Å². The highest BCUT2D eigenvalue weighted by atomic mass is 16.5. The number of ether oxygens (including phenoxy) is 1. The fourth-order valence-electron chi connectivity index (χ4n) is 1.47. The van der Waals surface area contributed by atoms with Gasteiger partial charge in [-0.3, -0.25) is 4.79 Å². The van der Waals surface area contributed by atoms with Crippen LogP contribution in [0, 0.1) is 0 Å². The fraction of sp³-hybridized carbons (Fsp3) is 0.636. The van der Waals surface area contributed by atoms with Crippen LogP contribution < -0.4 is 5.73 Å². The number of carbonyl (C=O) groups is 1. The number of nitrogens with two attached hydrogens (primary N) is 1. The summed E-state index contributed by atoms with van der Waals surface area (Å²) in [6, 6.07) is -0.0505. The second kappa shape index (κ2) is 6.27. The first-order valence-corrected chi connectivity index (χ1v) is 5.51. The molecule has 5 heteroatoms. The van der Waals surface area contributed by atoms with E-state index < -0.39 is 0 Å². The minimum absolute atomic E-state index is 0.0505. The van der Waals surface area contributed by atoms with Gasteiger partial charge < -0.3 is 15.0 Å². The van der Waals surface area contributed by atoms with Gasteiger partial charge in [-0.25, -0.2) is 4.98 Å². The maximum absolute atomic E-state index is 11.1. The Balaban J connectivity index is 2.28. The van der Waals surface area contributed by atoms with E-state index in [1.165, 1.54) is 0 Å². The van der Waals surface area contributed by atoms with Crippen molar-refractivity contribution in [3.63, 3.8) is 0 Å². The normalized spacial score (nSPS) is 12.4. The third-order valence-electron chi connectivity index (χ3n) is 2.39. The molecular formula is C11H19N3O2. The number of aryl methyl sites for hydroxylation is 1. The molecule has 1 atom stereocenters. The molecule has 0 radical (unpaired) electrons. The SMILES string of the molecule is CCOC(=O)CCC(N)Cc1nccn1C. The van der Waals surface area contributed by atoms with Crippen molar-refractivity contribution in [1.29, 1.82) is 0 Å². The van der Waals surface area contributed by atoms with Crippen LogP contribution in [0.4, 0.5) is 0 Å². The third kappa shape index (κ3) is 4.02. The molecule has 1 heterocycles. The van der Waals surface area contributed by atoms with Crippen LogP contribution in [0.1, 0.15) is 25.6 Å². The molecule has 0 aromatic carbocycles. The Morgan fingerprint density at radius 3 is 3.00 bits per heavy atom. The summed E-state index contributed by atoms with van der Waals surface area (Å²) >= 11 is 0. The van der Waals surface area contributed by atoms with Crippen molar-refractivity contribution in [2.75, 3.05) is 6.61 Å². The average Bonchev–Trinajstić information content (AvgIpc) is 2.62. The Morgan fingerprint density at radius 1 is 1.69 bits per heavy atom. The van der Waals surface area contributed by atoms with Gasteiger partial charge >= 0.3 is 5.97 Å². The van der Waals surface area contributed by atoms with Gasteiger partial charge in [-0.15, -0.1) is 0 Å². The molecule has 90 valence electrons. The van der Waals surface area contributed by atoms with Crippen molar-refractivity contribution in [3.05, 3.63) is 18.2 Å². The van der Waals surface area contributed by atoms with Gasteiger partial charge in [-0.05, 0) is 13.3 Å². The molecule has 1 unspecified atom stereocenters. The average molecular weight is 225 g/mol. The number of hydrogen-bond donors (Lipinski definition) is 1. The first-order chi connectivity index (χ1) is 7.63. The summed E-state index contributed by atoms with van der Waals surface area (Å²) in [6.45, 7) is 2.22. The van der Waals surface area contributed by atoms with Crippen LogP contribution in [0.15, 0.2) is 12.4 Å². The summed E-state index contributed by atoms with van der Waals surface area (Å²) in [5.41, 5.74) is 5.92. The van der Waals surface area contributed by atoms with Crippen LogP contribution in [0.2, 0.25) is 0 Å². The van der Waals surface area contributed by atoms with Crippen molar-refractivity contribution < 1.29 is 9.53 Å². The number of imidazole rings is 1. The minimum Gasteiger partial charge on any atom is -0.466 e. The lowest BCUT2D eigenvalue weighted by atomic mass is 10.1. The van der Waals surface area contributed by atoms with Crippen LogP contribution >= 0.6 is 0 Å². The van der Waals surface area contributed by atoms with Gasteiger partial charge in [-0.2, -0.15) is 0 Å². The molecule has 2 N–H and O–H groups in total. The highest BCUT2D eigenvalue weighted by Gasteiger charge is 2.10. The van der Waals surface area contributed by atoms with Crippen LogP contribution in [0.25, 0.3) is 0 Å². The fourth-order valence-corrected chi connectivity index (χ4v) is 1.47. The number of nitrogens with zero attached hydrogens (tertiary/aromatic N) is 2. The molecule has 0 saturated heterocycles. The van der Waals surface area contributed by atoms with E-state index in [0.29, 0.717) is 25.9 Å². The van der Waals surface area contributed by atoms with E-state index in [-0.39, 0.29) is 12.0 Å². The first kappa shape index (κ1) is 12.7. The molecule has 1 rings (SSSR count). The monoisotopic (exact) mass is 225 g/mol. The van der Waals surface area contributed by atoms with E-state index in [9.17, 15) is 4.79 Å². The van der Waals surface area contributed by atoms with Gasteiger partial charge in [0.2, 0.25) is 0 Å². The van der Waals surface area contributed by atoms with E-state index in [1.54, 1.807) is 13.1 Å². The number of esters is 1. The van der Waals surface area contributed by atoms with Gasteiger partial charge in [0.05, 0.1) is 6.61 Å². The zero-order valence-corrected chi connectivity index (χ0v) is 9.85. The predicted molar refractivity (Wildman–Crippen MR) is 60.8 cm³/mol. The topological polar surface area (TPSA) is 70.1 Å². The lowest BCUT2D eigenvalue weighted by Crippen LogP contribution is -2.25. The largest absolute Gasteiger partial charge is 0.466 e. The molecule has 0 spiro atoms. The Bertz CT molecular complexity index is 336. The standard InChI is InChI=1S/C11H19N3O2/c1-3-16-11(15)5-4-9(12)8-10-13-6-7-14(10)2/h6-7,9H,3-5,8,12H2,1-2H3. The molecule has 0 aliphatic carbocycles. The van der Waals surface area contributed by atoms with Gasteiger partial charge in [-0.1, -0.05) is 0 Å². The summed E-state index contributed by atoms with van der Waals surface area (Å²) in [4.78, 5) is 15.3. The quantitative estimate of drug-likeness (QED) is 0.721. The summed E-state index contributed by atoms with van der Waals surface area (Å²) in [5, 5.41) is 0. The number of carbonyl (C=O) groups excluding carboxylic acids is 1. The van der Waals surface area contributed by atoms with Gasteiger partial charge in [0.25, 0.3) is 0 Å². The molecule has 0 bridgehead atoms. The molecule has 0 amide bonds. The molecule has 5 nitrogen and oxygen atoms in total. The third-order valence-corrected chi connectivity index (χ3v) is 2.39. The first-order valence-electron chi connectivity index (χ1n) is 5.51. The summed E-state index contributed by atoms with van der Waals surface area (Å²) in [6.07, 6.45) is 5.31. The second-order valence-corrected chi connectivity index (χ2v) is 3.76. The molecule has 1 aromatic heterocycles. The van der Waals surface area contributed by atoms with Crippen LogP contribution in [0.3, 0.4) is 0 Å². The van der Waals surface area contributed by atoms with Crippen LogP contribution in [0.5, 0.6) is 0 Å². The number of aromatic nitrogens is 2. The Hall–Kier alpha value is -1.36. The molecule has 1 aromatic rings. The molecule has 16 heavy (non-hydrogen) atoms. The van der Waals surface area contributed by atoms with Gasteiger partial charge in [0.15, 0.2) is 0 Å². The van der Waals surface area contributed by atoms with Gasteiger partial charge in [0, 0.05) is 38.3 Å². The number of rotatable bonds is 6. The smallest absolute Gasteiger partial charge is 0.305 e. The maximum Gasteiger partial charge on any atom is 0.305 e. The lowest BCUT2D eigenvalue weighted by Gasteiger charge is -2.10. The highest BCUT2D eigenvalue weighted by Crippen LogP contribution is 2.04. The van der Waals surface area contributed by atoms with Crippen LogP contribution in [-0.2, 0) is 23.0 Å². The zero-order chi connectivity index (χ0) is 12.0. The highest BCUT2D eigenvalue weighted by molar-refractivity contribution is 5.69. The summed E-state index contributed by atoms with van der Waals surface area (Å²) in [5.74, 6) is 0.758. The van der Waals surface area contributed by atoms with E-state index in [4.69, 9.17) is 10.5 Å². The van der Waals surface area contributed by atoms with Crippen molar-refractivity contribution in [1.82, 2.24) is 9.55 Å². The van der Waals surface area contributed by atoms with Crippen molar-refractivity contribution >= 4 is 5.97 Å². The zero-order valence-electron chi connectivity index (χ0n) is 9.85. The lowest BCUT2D eigenvalue weighted by molar-refractivity contribution is -0.143. The second-order valence-electron chi connectivity index (χ2n) is 3.76. The molecule has 0 aliphatic rings. The molecular weight excluding hydrogens is 206 g/mol. The Morgan fingerprint density at radius 2 is 2.44 bits per heavy atom. The van der Waals surface area contributed by atoms with E-state index in [0.717, 1.165) is 5.82 Å². The Labute approximate surface area is 95.6 Å².